The van der Waals surface area contributed by atoms with Crippen molar-refractivity contribution in [1.29, 1.82) is 0 Å². The van der Waals surface area contributed by atoms with Crippen LogP contribution in [0.1, 0.15) is 11.1 Å². The van der Waals surface area contributed by atoms with Gasteiger partial charge in [0.25, 0.3) is 0 Å². The third-order valence-corrected chi connectivity index (χ3v) is 9.73. The molecule has 0 atom stereocenters. The van der Waals surface area contributed by atoms with Crippen LogP contribution >= 0.6 is 0 Å². The molecule has 0 aliphatic carbocycles. The van der Waals surface area contributed by atoms with Gasteiger partial charge in [-0.3, -0.25) is 0 Å². The number of alkyl halides is 6. The minimum Gasteiger partial charge on any atom is -0.741 e. The molecule has 0 aliphatic rings. The van der Waals surface area contributed by atoms with Crippen molar-refractivity contribution in [3.8, 4) is 30.8 Å². The second-order valence-electron chi connectivity index (χ2n) is 8.17. The zero-order chi connectivity index (χ0) is 34.4. The Kier molecular flexibility index (Phi) is 15.0. The first-order chi connectivity index (χ1) is 21.4. The first-order valence-electron chi connectivity index (χ1n) is 12.0. The third-order valence-electron chi connectivity index (χ3n) is 4.83. The Bertz CT molecular complexity index is 1750. The fourth-order valence-electron chi connectivity index (χ4n) is 2.71. The summed E-state index contributed by atoms with van der Waals surface area (Å²) in [7, 11) is -12.2. The van der Waals surface area contributed by atoms with Crippen LogP contribution in [0.15, 0.2) is 109 Å². The predicted molar refractivity (Wildman–Crippen MR) is 147 cm³/mol. The summed E-state index contributed by atoms with van der Waals surface area (Å²) in [6.07, 6.45) is 0. The number of halogens is 8. The second-order valence-corrected chi connectivity index (χ2v) is 15.6. The van der Waals surface area contributed by atoms with Gasteiger partial charge in [0.1, 0.15) is 0 Å². The fraction of sp³-hybridized carbons (Fsp3) is 0.0667. The van der Waals surface area contributed by atoms with Crippen LogP contribution in [0.2, 0.25) is 0 Å². The normalized spacial score (nSPS) is 11.2. The molecule has 0 fully saturated rings. The van der Waals surface area contributed by atoms with Crippen LogP contribution < -0.4 is 42.4 Å². The van der Waals surface area contributed by atoms with Crippen LogP contribution in [0.25, 0.3) is 11.1 Å². The monoisotopic (exact) mass is 906 g/mol. The van der Waals surface area contributed by atoms with Gasteiger partial charge in [-0.2, -0.15) is 26.3 Å². The Morgan fingerprint density at radius 1 is 0.478 bits per heavy atom. The number of hydrogen-bond acceptors (Lipinski definition) is 6. The zero-order valence-corrected chi connectivity index (χ0v) is 28.6. The van der Waals surface area contributed by atoms with Gasteiger partial charge in [-0.05, 0) is 71.5 Å². The van der Waals surface area contributed by atoms with E-state index in [0.717, 1.165) is 11.1 Å². The smallest absolute Gasteiger partial charge is 0.485 e. The van der Waals surface area contributed by atoms with Crippen LogP contribution in [-0.2, 0) is 20.2 Å². The Hall–Kier alpha value is -3.14. The summed E-state index contributed by atoms with van der Waals surface area (Å²) in [5.41, 5.74) is -6.74. The number of hydrogen-bond donors (Lipinski definition) is 0. The standard InChI is InChI=1S/C28H18I2.2CHF3O3S/c1-3-7-27(8-4-1)29-21-19-23-11-15-25(16-12-23)26-17-13-24(14-18-26)20-22-30-28-9-5-2-6-10-28;2*2-1(3,4)8(5,6)7/h1-18H;2*(H,5,6,7)/q+2;;/p-2. The molecule has 4 aromatic carbocycles. The highest BCUT2D eigenvalue weighted by molar-refractivity contribution is 7.86. The van der Waals surface area contributed by atoms with E-state index in [1.165, 1.54) is 18.3 Å². The summed E-state index contributed by atoms with van der Waals surface area (Å²) in [5, 5.41) is 0. The van der Waals surface area contributed by atoms with E-state index >= 15 is 0 Å². The van der Waals surface area contributed by atoms with Gasteiger partial charge in [-0.25, -0.2) is 16.8 Å². The Morgan fingerprint density at radius 3 is 0.978 bits per heavy atom. The maximum atomic E-state index is 10.7. The summed E-state index contributed by atoms with van der Waals surface area (Å²) in [6.45, 7) is 0. The molecular weight excluding hydrogens is 888 g/mol. The van der Waals surface area contributed by atoms with Crippen LogP contribution in [0.5, 0.6) is 0 Å². The third kappa shape index (κ3) is 14.5. The first-order valence-corrected chi connectivity index (χ1v) is 19.1. The highest BCUT2D eigenvalue weighted by Gasteiger charge is 2.37. The van der Waals surface area contributed by atoms with Crippen LogP contribution in [0.3, 0.4) is 0 Å². The van der Waals surface area contributed by atoms with Crippen LogP contribution in [0, 0.1) is 26.8 Å². The molecule has 0 spiro atoms. The molecule has 0 unspecified atom stereocenters. The Balaban J connectivity index is 0.000000381. The van der Waals surface area contributed by atoms with Gasteiger partial charge in [-0.1, -0.05) is 60.7 Å². The highest BCUT2D eigenvalue weighted by atomic mass is 127. The van der Waals surface area contributed by atoms with Gasteiger partial charge in [0.2, 0.25) is 7.14 Å². The lowest BCUT2D eigenvalue weighted by molar-refractivity contribution is -0.535. The minimum absolute atomic E-state index is 0.248. The first kappa shape index (κ1) is 39.0. The number of benzene rings is 4. The van der Waals surface area contributed by atoms with E-state index in [4.69, 9.17) is 25.9 Å². The summed E-state index contributed by atoms with van der Waals surface area (Å²) in [6, 6.07) is 38.0. The van der Waals surface area contributed by atoms with Crippen molar-refractivity contribution in [3.63, 3.8) is 0 Å². The molecule has 6 nitrogen and oxygen atoms in total. The van der Waals surface area contributed by atoms with E-state index in [9.17, 15) is 26.3 Å². The van der Waals surface area contributed by atoms with Crippen molar-refractivity contribution in [3.05, 3.63) is 127 Å². The molecule has 0 heterocycles. The van der Waals surface area contributed by atoms with E-state index in [1.807, 2.05) is 12.1 Å². The molecule has 4 aromatic rings. The summed E-state index contributed by atoms with van der Waals surface area (Å²) >= 11 is -0.496. The van der Waals surface area contributed by atoms with E-state index in [0.29, 0.717) is 0 Å². The van der Waals surface area contributed by atoms with Gasteiger partial charge in [0, 0.05) is 11.1 Å². The molecule has 0 N–H and O–H groups in total. The van der Waals surface area contributed by atoms with Crippen molar-refractivity contribution in [2.45, 2.75) is 11.0 Å². The van der Waals surface area contributed by atoms with Crippen molar-refractivity contribution in [1.82, 2.24) is 0 Å². The van der Waals surface area contributed by atoms with E-state index in [-0.39, 0.29) is 42.4 Å². The molecule has 0 saturated heterocycles. The molecule has 16 heteroatoms. The van der Waals surface area contributed by atoms with Gasteiger partial charge in [-0.15, -0.1) is 0 Å². The Morgan fingerprint density at radius 2 is 0.739 bits per heavy atom. The van der Waals surface area contributed by atoms with E-state index in [1.54, 1.807) is 0 Å². The van der Waals surface area contributed by atoms with Gasteiger partial charge < -0.3 is 9.11 Å². The molecule has 0 saturated carbocycles. The molecule has 0 radical (unpaired) electrons. The molecule has 0 bridgehead atoms. The lowest BCUT2D eigenvalue weighted by Crippen LogP contribution is -3.59. The van der Waals surface area contributed by atoms with E-state index in [2.05, 4.69) is 117 Å². The minimum atomic E-state index is -6.09. The van der Waals surface area contributed by atoms with Crippen molar-refractivity contribution in [2.75, 3.05) is 0 Å². The maximum Gasteiger partial charge on any atom is 0.485 e. The molecule has 4 rings (SSSR count). The largest absolute Gasteiger partial charge is 0.741 e. The van der Waals surface area contributed by atoms with Gasteiger partial charge in [0.15, 0.2) is 28.1 Å². The highest BCUT2D eigenvalue weighted by Crippen LogP contribution is 2.21. The topological polar surface area (TPSA) is 114 Å². The molecule has 46 heavy (non-hydrogen) atoms. The lowest BCUT2D eigenvalue weighted by Gasteiger charge is -2.08. The van der Waals surface area contributed by atoms with Gasteiger partial charge >= 0.3 is 53.4 Å². The van der Waals surface area contributed by atoms with Crippen LogP contribution in [-0.4, -0.2) is 37.0 Å². The summed E-state index contributed by atoms with van der Waals surface area (Å²) in [5.74, 6) is 6.60. The fourth-order valence-corrected chi connectivity index (χ4v) is 5.78. The van der Waals surface area contributed by atoms with Crippen molar-refractivity contribution in [2.24, 2.45) is 0 Å². The molecule has 0 amide bonds. The van der Waals surface area contributed by atoms with Crippen LogP contribution in [0.4, 0.5) is 26.3 Å². The average molecular weight is 906 g/mol. The van der Waals surface area contributed by atoms with E-state index < -0.39 is 31.3 Å². The summed E-state index contributed by atoms with van der Waals surface area (Å²) < 4.78 is 127. The zero-order valence-electron chi connectivity index (χ0n) is 22.7. The molecule has 0 aromatic heterocycles. The summed E-state index contributed by atoms with van der Waals surface area (Å²) in [4.78, 5) is 0. The average Bonchev–Trinajstić information content (AvgIpc) is 2.98. The van der Waals surface area contributed by atoms with Crippen molar-refractivity contribution < 1.29 is 94.7 Å². The second kappa shape index (κ2) is 17.7. The lowest BCUT2D eigenvalue weighted by atomic mass is 10.0. The molecule has 242 valence electrons. The Labute approximate surface area is 282 Å². The van der Waals surface area contributed by atoms with Gasteiger partial charge in [0.05, 0.1) is 0 Å². The maximum absolute atomic E-state index is 10.7. The molecule has 0 aliphatic heterocycles. The predicted octanol–water partition coefficient (Wildman–Crippen LogP) is -0.00800. The molecular formula is C30H18F6I2O6S2. The number of rotatable bonds is 3. The quantitative estimate of drug-likeness (QED) is 0.0942. The SMILES string of the molecule is C(#Cc1ccc(-c2ccc(C#C[I+]c3ccccc3)cc2)cc1)[I+]c1ccccc1.O=S(=O)([O-])C(F)(F)F.O=S(=O)([O-])C(F)(F)F. The van der Waals surface area contributed by atoms with Crippen molar-refractivity contribution >= 4 is 20.2 Å².